The van der Waals surface area contributed by atoms with E-state index in [2.05, 4.69) is 42.4 Å². The lowest BCUT2D eigenvalue weighted by Gasteiger charge is -2.19. The Morgan fingerprint density at radius 3 is 2.62 bits per heavy atom. The Labute approximate surface area is 110 Å². The highest BCUT2D eigenvalue weighted by molar-refractivity contribution is 9.10. The molecule has 0 heterocycles. The highest BCUT2D eigenvalue weighted by Crippen LogP contribution is 2.22. The van der Waals surface area contributed by atoms with E-state index in [4.69, 9.17) is 4.74 Å². The van der Waals surface area contributed by atoms with Crippen molar-refractivity contribution >= 4 is 28.6 Å². The molecular formula is C12H16BrFOS. The molecule has 0 fully saturated rings. The van der Waals surface area contributed by atoms with Crippen LogP contribution >= 0.6 is 28.6 Å². The lowest BCUT2D eigenvalue weighted by atomic mass is 9.99. The standard InChI is InChI=1S/C12H16BrFOS/c1-8(2)9(7-16)6-15-10-3-4-11(13)12(14)5-10/h3-5,8-9,16H,6-7H2,1-2H3. The van der Waals surface area contributed by atoms with Gasteiger partial charge in [0.05, 0.1) is 11.1 Å². The molecular weight excluding hydrogens is 291 g/mol. The number of thiol groups is 1. The van der Waals surface area contributed by atoms with Crippen LogP contribution in [0.25, 0.3) is 0 Å². The summed E-state index contributed by atoms with van der Waals surface area (Å²) in [6.07, 6.45) is 0. The molecule has 1 nitrogen and oxygen atoms in total. The molecule has 0 saturated heterocycles. The Kier molecular flexibility index (Phi) is 5.62. The van der Waals surface area contributed by atoms with Crippen molar-refractivity contribution in [2.45, 2.75) is 13.8 Å². The van der Waals surface area contributed by atoms with Gasteiger partial charge in [0.25, 0.3) is 0 Å². The molecule has 0 aromatic heterocycles. The maximum atomic E-state index is 13.2. The van der Waals surface area contributed by atoms with Crippen LogP contribution in [0.2, 0.25) is 0 Å². The zero-order valence-electron chi connectivity index (χ0n) is 9.41. The van der Waals surface area contributed by atoms with E-state index in [9.17, 15) is 4.39 Å². The number of ether oxygens (including phenoxy) is 1. The Morgan fingerprint density at radius 1 is 1.44 bits per heavy atom. The second kappa shape index (κ2) is 6.50. The quantitative estimate of drug-likeness (QED) is 0.803. The number of halogens is 2. The van der Waals surface area contributed by atoms with Gasteiger partial charge >= 0.3 is 0 Å². The van der Waals surface area contributed by atoms with E-state index in [0.29, 0.717) is 28.7 Å². The van der Waals surface area contributed by atoms with Crippen molar-refractivity contribution in [1.29, 1.82) is 0 Å². The fraction of sp³-hybridized carbons (Fsp3) is 0.500. The fourth-order valence-electron chi connectivity index (χ4n) is 1.23. The van der Waals surface area contributed by atoms with Crippen LogP contribution in [0.3, 0.4) is 0 Å². The molecule has 1 atom stereocenters. The molecule has 0 saturated carbocycles. The molecule has 90 valence electrons. The molecule has 0 radical (unpaired) electrons. The Bertz CT molecular complexity index is 344. The van der Waals surface area contributed by atoms with Crippen LogP contribution in [-0.4, -0.2) is 12.4 Å². The third-order valence-corrected chi connectivity index (χ3v) is 3.64. The smallest absolute Gasteiger partial charge is 0.141 e. The summed E-state index contributed by atoms with van der Waals surface area (Å²) in [4.78, 5) is 0. The van der Waals surface area contributed by atoms with Crippen molar-refractivity contribution in [2.75, 3.05) is 12.4 Å². The zero-order valence-corrected chi connectivity index (χ0v) is 11.9. The summed E-state index contributed by atoms with van der Waals surface area (Å²) in [6.45, 7) is 4.83. The Morgan fingerprint density at radius 2 is 2.12 bits per heavy atom. The summed E-state index contributed by atoms with van der Waals surface area (Å²) in [5, 5.41) is 0. The van der Waals surface area contributed by atoms with Crippen molar-refractivity contribution in [3.8, 4) is 5.75 Å². The van der Waals surface area contributed by atoms with Gasteiger partial charge in [0.15, 0.2) is 0 Å². The second-order valence-electron chi connectivity index (χ2n) is 4.07. The van der Waals surface area contributed by atoms with Crippen molar-refractivity contribution in [1.82, 2.24) is 0 Å². The molecule has 1 aromatic carbocycles. The number of hydrogen-bond acceptors (Lipinski definition) is 2. The van der Waals surface area contributed by atoms with Gasteiger partial charge in [0.1, 0.15) is 11.6 Å². The molecule has 0 N–H and O–H groups in total. The molecule has 16 heavy (non-hydrogen) atoms. The zero-order chi connectivity index (χ0) is 12.1. The maximum Gasteiger partial charge on any atom is 0.141 e. The second-order valence-corrected chi connectivity index (χ2v) is 5.29. The van der Waals surface area contributed by atoms with Gasteiger partial charge in [-0.2, -0.15) is 12.6 Å². The van der Waals surface area contributed by atoms with Crippen molar-refractivity contribution in [3.05, 3.63) is 28.5 Å². The summed E-state index contributed by atoms with van der Waals surface area (Å²) < 4.78 is 19.2. The molecule has 0 amide bonds. The topological polar surface area (TPSA) is 9.23 Å². The minimum absolute atomic E-state index is 0.301. The van der Waals surface area contributed by atoms with Crippen LogP contribution in [0.15, 0.2) is 22.7 Å². The highest BCUT2D eigenvalue weighted by atomic mass is 79.9. The first-order chi connectivity index (χ1) is 7.54. The normalized spacial score (nSPS) is 12.9. The lowest BCUT2D eigenvalue weighted by molar-refractivity contribution is 0.226. The van der Waals surface area contributed by atoms with E-state index in [-0.39, 0.29) is 5.82 Å². The summed E-state index contributed by atoms with van der Waals surface area (Å²) in [5.74, 6) is 1.93. The molecule has 1 aromatic rings. The van der Waals surface area contributed by atoms with Crippen molar-refractivity contribution < 1.29 is 9.13 Å². The maximum absolute atomic E-state index is 13.2. The molecule has 0 spiro atoms. The van der Waals surface area contributed by atoms with Crippen LogP contribution < -0.4 is 4.74 Å². The van der Waals surface area contributed by atoms with Gasteiger partial charge in [-0.15, -0.1) is 0 Å². The van der Waals surface area contributed by atoms with Gasteiger partial charge in [0, 0.05) is 12.0 Å². The Hall–Kier alpha value is -0.220. The first kappa shape index (κ1) is 13.8. The number of benzene rings is 1. The van der Waals surface area contributed by atoms with Crippen LogP contribution in [-0.2, 0) is 0 Å². The van der Waals surface area contributed by atoms with Crippen LogP contribution in [0.5, 0.6) is 5.75 Å². The highest BCUT2D eigenvalue weighted by Gasteiger charge is 2.12. The SMILES string of the molecule is CC(C)C(CS)COc1ccc(Br)c(F)c1. The first-order valence-corrected chi connectivity index (χ1v) is 6.66. The van der Waals surface area contributed by atoms with Crippen molar-refractivity contribution in [3.63, 3.8) is 0 Å². The van der Waals surface area contributed by atoms with E-state index >= 15 is 0 Å². The van der Waals surface area contributed by atoms with Gasteiger partial charge in [-0.25, -0.2) is 4.39 Å². The van der Waals surface area contributed by atoms with Crippen LogP contribution in [0.1, 0.15) is 13.8 Å². The largest absolute Gasteiger partial charge is 0.493 e. The van der Waals surface area contributed by atoms with Crippen LogP contribution in [0, 0.1) is 17.7 Å². The molecule has 0 bridgehead atoms. The van der Waals surface area contributed by atoms with Crippen LogP contribution in [0.4, 0.5) is 4.39 Å². The average molecular weight is 307 g/mol. The van der Waals surface area contributed by atoms with Gasteiger partial charge in [-0.1, -0.05) is 13.8 Å². The molecule has 1 rings (SSSR count). The molecule has 0 aliphatic heterocycles. The monoisotopic (exact) mass is 306 g/mol. The summed E-state index contributed by atoms with van der Waals surface area (Å²) in [6, 6.07) is 4.79. The molecule has 0 aliphatic rings. The van der Waals surface area contributed by atoms with E-state index < -0.39 is 0 Å². The minimum atomic E-state index is -0.301. The Balaban J connectivity index is 2.57. The summed E-state index contributed by atoms with van der Waals surface area (Å²) in [7, 11) is 0. The van der Waals surface area contributed by atoms with Crippen molar-refractivity contribution in [2.24, 2.45) is 11.8 Å². The third kappa shape index (κ3) is 3.98. The third-order valence-electron chi connectivity index (χ3n) is 2.53. The summed E-state index contributed by atoms with van der Waals surface area (Å²) in [5.41, 5.74) is 0. The van der Waals surface area contributed by atoms with Gasteiger partial charge in [0.2, 0.25) is 0 Å². The average Bonchev–Trinajstić information content (AvgIpc) is 2.23. The fourth-order valence-corrected chi connectivity index (χ4v) is 2.00. The van der Waals surface area contributed by atoms with E-state index in [1.54, 1.807) is 12.1 Å². The first-order valence-electron chi connectivity index (χ1n) is 5.23. The molecule has 1 unspecified atom stereocenters. The predicted molar refractivity (Wildman–Crippen MR) is 71.8 cm³/mol. The molecule has 0 aliphatic carbocycles. The minimum Gasteiger partial charge on any atom is -0.493 e. The lowest BCUT2D eigenvalue weighted by Crippen LogP contribution is -2.19. The van der Waals surface area contributed by atoms with Gasteiger partial charge < -0.3 is 4.74 Å². The van der Waals surface area contributed by atoms with Gasteiger partial charge in [-0.3, -0.25) is 0 Å². The number of rotatable bonds is 5. The molecule has 4 heteroatoms. The number of hydrogen-bond donors (Lipinski definition) is 1. The van der Waals surface area contributed by atoms with E-state index in [1.165, 1.54) is 6.07 Å². The predicted octanol–water partition coefficient (Wildman–Crippen LogP) is 4.17. The summed E-state index contributed by atoms with van der Waals surface area (Å²) >= 11 is 7.38. The van der Waals surface area contributed by atoms with E-state index in [0.717, 1.165) is 5.75 Å². The van der Waals surface area contributed by atoms with Gasteiger partial charge in [-0.05, 0) is 39.7 Å². The van der Waals surface area contributed by atoms with E-state index in [1.807, 2.05) is 0 Å².